The summed E-state index contributed by atoms with van der Waals surface area (Å²) in [6, 6.07) is 0. The molecule has 6 N–H and O–H groups in total. The Kier molecular flexibility index (Phi) is 6.35. The molecule has 0 radical (unpaired) electrons. The second-order valence-corrected chi connectivity index (χ2v) is 4.07. The maximum Gasteiger partial charge on any atom is 0.186 e. The van der Waals surface area contributed by atoms with Crippen LogP contribution in [0.25, 0.3) is 0 Å². The number of ether oxygens (including phenoxy) is 2. The highest BCUT2D eigenvalue weighted by Crippen LogP contribution is 2.21. The van der Waals surface area contributed by atoms with Crippen LogP contribution in [0.2, 0.25) is 0 Å². The summed E-state index contributed by atoms with van der Waals surface area (Å²) in [4.78, 5) is 0. The lowest BCUT2D eigenvalue weighted by Crippen LogP contribution is -3.04. The fourth-order valence-electron chi connectivity index (χ4n) is 1.63. The van der Waals surface area contributed by atoms with Gasteiger partial charge < -0.3 is 35.1 Å². The zero-order valence-corrected chi connectivity index (χ0v) is 9.68. The summed E-state index contributed by atoms with van der Waals surface area (Å²) < 4.78 is 10.1. The first-order valence-corrected chi connectivity index (χ1v) is 5.61. The van der Waals surface area contributed by atoms with Gasteiger partial charge in [0.15, 0.2) is 6.29 Å². The van der Waals surface area contributed by atoms with Crippen molar-refractivity contribution in [3.05, 3.63) is 5.21 Å². The fourth-order valence-corrected chi connectivity index (χ4v) is 1.63. The van der Waals surface area contributed by atoms with Gasteiger partial charge in [0.2, 0.25) is 0 Å². The van der Waals surface area contributed by atoms with E-state index in [0.29, 0.717) is 0 Å². The third-order valence-corrected chi connectivity index (χ3v) is 2.67. The minimum absolute atomic E-state index is 0.0228. The molecule has 6 atom stereocenters. The van der Waals surface area contributed by atoms with Crippen molar-refractivity contribution in [1.82, 2.24) is 0 Å². The van der Waals surface area contributed by atoms with E-state index >= 15 is 0 Å². The quantitative estimate of drug-likeness (QED) is 0.211. The Bertz CT molecular complexity index is 239. The van der Waals surface area contributed by atoms with Crippen LogP contribution in [0.3, 0.4) is 0 Å². The van der Waals surface area contributed by atoms with Crippen molar-refractivity contribution in [3.8, 4) is 0 Å². The van der Waals surface area contributed by atoms with Crippen LogP contribution in [0.1, 0.15) is 6.42 Å². The Labute approximate surface area is 103 Å². The highest BCUT2D eigenvalue weighted by molar-refractivity contribution is 4.88. The molecule has 0 amide bonds. The Balaban J connectivity index is 2.39. The summed E-state index contributed by atoms with van der Waals surface area (Å²) in [7, 11) is 0. The molecule has 1 aliphatic rings. The summed E-state index contributed by atoms with van der Waals surface area (Å²) in [6.07, 6.45) is -6.36. The minimum atomic E-state index is -1.49. The van der Waals surface area contributed by atoms with Gasteiger partial charge >= 0.3 is 0 Å². The van der Waals surface area contributed by atoms with Crippen LogP contribution >= 0.6 is 0 Å². The summed E-state index contributed by atoms with van der Waals surface area (Å²) in [6.45, 7) is -0.591. The second-order valence-electron chi connectivity index (χ2n) is 4.07. The van der Waals surface area contributed by atoms with Crippen molar-refractivity contribution in [2.45, 2.75) is 37.1 Å². The van der Waals surface area contributed by atoms with Crippen molar-refractivity contribution >= 4 is 0 Å². The van der Waals surface area contributed by atoms with Crippen LogP contribution in [0.5, 0.6) is 0 Å². The predicted octanol–water partition coefficient (Wildman–Crippen LogP) is -4.04. The van der Waals surface area contributed by atoms with Gasteiger partial charge in [-0.2, -0.15) is 0 Å². The van der Waals surface area contributed by atoms with Gasteiger partial charge in [-0.25, -0.2) is 10.4 Å². The van der Waals surface area contributed by atoms with Gasteiger partial charge in [-0.3, -0.25) is 0 Å². The second kappa shape index (κ2) is 7.28. The van der Waals surface area contributed by atoms with Gasteiger partial charge in [-0.1, -0.05) is 0 Å². The average Bonchev–Trinajstić information content (AvgIpc) is 2.34. The molecule has 108 valence electrons. The number of rotatable bonds is 6. The molecule has 0 aliphatic carbocycles. The van der Waals surface area contributed by atoms with E-state index in [4.69, 9.17) is 19.8 Å². The van der Waals surface area contributed by atoms with Crippen molar-refractivity contribution < 1.29 is 40.3 Å². The molecule has 0 bridgehead atoms. The van der Waals surface area contributed by atoms with Gasteiger partial charge in [0, 0.05) is 6.42 Å². The molecule has 9 nitrogen and oxygen atoms in total. The van der Waals surface area contributed by atoms with Crippen LogP contribution in [-0.4, -0.2) is 76.1 Å². The molecular weight excluding hydrogens is 250 g/mol. The fraction of sp³-hybridized carbons (Fsp3) is 1.00. The van der Waals surface area contributed by atoms with E-state index < -0.39 is 42.5 Å². The molecule has 6 unspecified atom stereocenters. The Morgan fingerprint density at radius 3 is 2.39 bits per heavy atom. The number of hydrogen-bond donors (Lipinski definition) is 6. The average molecular weight is 269 g/mol. The third kappa shape index (κ3) is 4.09. The first-order chi connectivity index (χ1) is 8.47. The zero-order chi connectivity index (χ0) is 13.7. The Morgan fingerprint density at radius 2 is 1.83 bits per heavy atom. The first-order valence-electron chi connectivity index (χ1n) is 5.61. The van der Waals surface area contributed by atoms with E-state index in [1.165, 1.54) is 0 Å². The van der Waals surface area contributed by atoms with Crippen LogP contribution in [0.15, 0.2) is 0 Å². The Morgan fingerprint density at radius 1 is 1.17 bits per heavy atom. The molecule has 18 heavy (non-hydrogen) atoms. The molecule has 1 rings (SSSR count). The van der Waals surface area contributed by atoms with E-state index in [1.54, 1.807) is 0 Å². The molecule has 0 spiro atoms. The van der Waals surface area contributed by atoms with E-state index in [9.17, 15) is 20.5 Å². The number of aliphatic hydroxyl groups is 4. The van der Waals surface area contributed by atoms with Crippen molar-refractivity contribution in [2.75, 3.05) is 19.8 Å². The molecule has 0 saturated carbocycles. The van der Waals surface area contributed by atoms with Crippen molar-refractivity contribution in [3.63, 3.8) is 0 Å². The van der Waals surface area contributed by atoms with Gasteiger partial charge in [0.05, 0.1) is 13.2 Å². The number of nitrogens with one attached hydrogen (secondary N) is 1. The third-order valence-electron chi connectivity index (χ3n) is 2.67. The zero-order valence-electron chi connectivity index (χ0n) is 9.68. The van der Waals surface area contributed by atoms with Gasteiger partial charge in [0.25, 0.3) is 0 Å². The van der Waals surface area contributed by atoms with E-state index in [-0.39, 0.29) is 19.6 Å². The minimum Gasteiger partial charge on any atom is -0.600 e. The largest absolute Gasteiger partial charge is 0.600 e. The first kappa shape index (κ1) is 15.7. The highest BCUT2D eigenvalue weighted by Gasteiger charge is 2.43. The van der Waals surface area contributed by atoms with E-state index in [0.717, 1.165) is 0 Å². The predicted molar refractivity (Wildman–Crippen MR) is 55.3 cm³/mol. The highest BCUT2D eigenvalue weighted by atomic mass is 16.8. The topological polar surface area (TPSA) is 147 Å². The summed E-state index contributed by atoms with van der Waals surface area (Å²) in [5, 5.41) is 55.1. The number of hydrogen-bond acceptors (Lipinski definition) is 8. The number of aliphatic hydroxyl groups excluding tert-OH is 4. The van der Waals surface area contributed by atoms with Crippen molar-refractivity contribution in [2.24, 2.45) is 0 Å². The molecular formula is C9H19NO8. The standard InChI is InChI=1S/C9H19NO8/c11-4-5-6(12)7(13)8(14)9(18-5)17-3-1-2-10(15)16/h5-15H,1-4H2. The van der Waals surface area contributed by atoms with Gasteiger partial charge in [-0.15, -0.1) is 0 Å². The summed E-state index contributed by atoms with van der Waals surface area (Å²) in [5.74, 6) is 0. The molecule has 1 aliphatic heterocycles. The van der Waals surface area contributed by atoms with Crippen LogP contribution in [0.4, 0.5) is 0 Å². The molecule has 0 aromatic carbocycles. The van der Waals surface area contributed by atoms with Crippen LogP contribution < -0.4 is 5.23 Å². The molecule has 0 aromatic heterocycles. The molecule has 1 fully saturated rings. The normalized spacial score (nSPS) is 38.7. The monoisotopic (exact) mass is 269 g/mol. The molecule has 1 heterocycles. The lowest BCUT2D eigenvalue weighted by Gasteiger charge is -2.39. The molecule has 1 saturated heterocycles. The maximum absolute atomic E-state index is 10.3. The maximum atomic E-state index is 10.3. The molecule has 9 heteroatoms. The SMILES string of the molecule is [O-][NH+](O)CCCOC1OC(CO)C(O)C(O)C1O. The smallest absolute Gasteiger partial charge is 0.186 e. The van der Waals surface area contributed by atoms with E-state index in [2.05, 4.69) is 0 Å². The number of hydroxylamine groups is 2. The van der Waals surface area contributed by atoms with Crippen LogP contribution in [0, 0.1) is 5.21 Å². The number of quaternary nitrogens is 1. The van der Waals surface area contributed by atoms with Crippen LogP contribution in [-0.2, 0) is 9.47 Å². The Hall–Kier alpha value is -0.360. The van der Waals surface area contributed by atoms with Crippen molar-refractivity contribution in [1.29, 1.82) is 0 Å². The van der Waals surface area contributed by atoms with Gasteiger partial charge in [-0.05, 0) is 0 Å². The lowest BCUT2D eigenvalue weighted by atomic mass is 9.99. The lowest BCUT2D eigenvalue weighted by molar-refractivity contribution is -1.05. The summed E-state index contributed by atoms with van der Waals surface area (Å²) in [5.41, 5.74) is 0. The molecule has 0 aromatic rings. The van der Waals surface area contributed by atoms with Gasteiger partial charge in [0.1, 0.15) is 31.0 Å². The summed E-state index contributed by atoms with van der Waals surface area (Å²) >= 11 is 0. The van der Waals surface area contributed by atoms with E-state index in [1.807, 2.05) is 0 Å².